The van der Waals surface area contributed by atoms with E-state index in [0.717, 1.165) is 5.56 Å². The molecule has 0 atom stereocenters. The summed E-state index contributed by atoms with van der Waals surface area (Å²) in [4.78, 5) is 16.0. The van der Waals surface area contributed by atoms with Crippen LogP contribution in [-0.4, -0.2) is 10.9 Å². The van der Waals surface area contributed by atoms with Crippen LogP contribution in [0, 0.1) is 6.92 Å². The van der Waals surface area contributed by atoms with E-state index in [-0.39, 0.29) is 5.91 Å². The quantitative estimate of drug-likeness (QED) is 0.923. The molecule has 2 rings (SSSR count). The van der Waals surface area contributed by atoms with Gasteiger partial charge in [-0.15, -0.1) is 0 Å². The van der Waals surface area contributed by atoms with Crippen molar-refractivity contribution in [3.05, 3.63) is 65.0 Å². The molecule has 0 aliphatic rings. The van der Waals surface area contributed by atoms with Gasteiger partial charge in [0.15, 0.2) is 0 Å². The Morgan fingerprint density at radius 1 is 1.30 bits per heavy atom. The second-order valence-corrected chi connectivity index (χ2v) is 5.27. The fraction of sp³-hybridized carbons (Fsp3) is 0.294. The van der Waals surface area contributed by atoms with Gasteiger partial charge in [0.05, 0.1) is 5.56 Å². The van der Waals surface area contributed by atoms with E-state index in [9.17, 15) is 4.79 Å². The minimum Gasteiger partial charge on any atom is -0.348 e. The maximum atomic E-state index is 12.0. The lowest BCUT2D eigenvalue weighted by Crippen LogP contribution is -2.23. The first-order valence-corrected chi connectivity index (χ1v) is 6.85. The van der Waals surface area contributed by atoms with E-state index >= 15 is 0 Å². The Balaban J connectivity index is 2.07. The van der Waals surface area contributed by atoms with Gasteiger partial charge < -0.3 is 5.32 Å². The van der Waals surface area contributed by atoms with Crippen LogP contribution in [0.5, 0.6) is 0 Å². The van der Waals surface area contributed by atoms with Crippen molar-refractivity contribution in [1.82, 2.24) is 10.3 Å². The Labute approximate surface area is 120 Å². The van der Waals surface area contributed by atoms with Gasteiger partial charge in [0.1, 0.15) is 0 Å². The van der Waals surface area contributed by atoms with Crippen LogP contribution >= 0.6 is 0 Å². The van der Waals surface area contributed by atoms with Crippen molar-refractivity contribution >= 4 is 5.91 Å². The predicted octanol–water partition coefficient (Wildman–Crippen LogP) is 3.44. The van der Waals surface area contributed by atoms with Crippen LogP contribution in [0.1, 0.15) is 46.8 Å². The van der Waals surface area contributed by atoms with E-state index in [0.29, 0.717) is 18.0 Å². The average Bonchev–Trinajstić information content (AvgIpc) is 2.46. The van der Waals surface area contributed by atoms with Crippen LogP contribution in [0.4, 0.5) is 0 Å². The van der Waals surface area contributed by atoms with Crippen molar-refractivity contribution < 1.29 is 4.79 Å². The summed E-state index contributed by atoms with van der Waals surface area (Å²) in [6.07, 6.45) is 3.24. The Kier molecular flexibility index (Phi) is 4.51. The van der Waals surface area contributed by atoms with Crippen LogP contribution in [0.15, 0.2) is 42.7 Å². The number of hydrogen-bond donors (Lipinski definition) is 1. The van der Waals surface area contributed by atoms with E-state index in [2.05, 4.69) is 49.3 Å². The number of aromatic nitrogens is 1. The maximum Gasteiger partial charge on any atom is 0.253 e. The molecule has 1 aromatic carbocycles. The van der Waals surface area contributed by atoms with E-state index < -0.39 is 0 Å². The highest BCUT2D eigenvalue weighted by atomic mass is 16.1. The predicted molar refractivity (Wildman–Crippen MR) is 80.7 cm³/mol. The van der Waals surface area contributed by atoms with E-state index in [1.807, 2.05) is 0 Å². The number of amides is 1. The topological polar surface area (TPSA) is 42.0 Å². The van der Waals surface area contributed by atoms with Gasteiger partial charge in [0.2, 0.25) is 0 Å². The third-order valence-corrected chi connectivity index (χ3v) is 3.40. The second-order valence-electron chi connectivity index (χ2n) is 5.27. The number of aryl methyl sites for hydroxylation is 1. The highest BCUT2D eigenvalue weighted by molar-refractivity contribution is 5.93. The first-order valence-electron chi connectivity index (χ1n) is 6.85. The number of nitrogens with zero attached hydrogens (tertiary/aromatic N) is 1. The summed E-state index contributed by atoms with van der Waals surface area (Å²) in [5.41, 5.74) is 4.24. The average molecular weight is 268 g/mol. The van der Waals surface area contributed by atoms with Crippen molar-refractivity contribution in [3.63, 3.8) is 0 Å². The number of carbonyl (C=O) groups is 1. The monoisotopic (exact) mass is 268 g/mol. The minimum atomic E-state index is -0.0903. The molecule has 0 unspecified atom stereocenters. The van der Waals surface area contributed by atoms with Crippen LogP contribution in [0.2, 0.25) is 0 Å². The van der Waals surface area contributed by atoms with Crippen LogP contribution in [0.3, 0.4) is 0 Å². The molecule has 1 aromatic heterocycles. The Bertz CT molecular complexity index is 591. The smallest absolute Gasteiger partial charge is 0.253 e. The van der Waals surface area contributed by atoms with Crippen molar-refractivity contribution in [2.75, 3.05) is 0 Å². The number of hydrogen-bond acceptors (Lipinski definition) is 2. The lowest BCUT2D eigenvalue weighted by molar-refractivity contribution is 0.0950. The molecule has 0 bridgehead atoms. The zero-order chi connectivity index (χ0) is 14.5. The van der Waals surface area contributed by atoms with Crippen molar-refractivity contribution in [2.45, 2.75) is 33.2 Å². The molecule has 0 aliphatic carbocycles. The molecule has 2 aromatic rings. The van der Waals surface area contributed by atoms with Crippen molar-refractivity contribution in [1.29, 1.82) is 0 Å². The lowest BCUT2D eigenvalue weighted by Gasteiger charge is -2.12. The molecule has 20 heavy (non-hydrogen) atoms. The zero-order valence-electron chi connectivity index (χ0n) is 12.2. The van der Waals surface area contributed by atoms with Gasteiger partial charge in [0.25, 0.3) is 5.91 Å². The highest BCUT2D eigenvalue weighted by Crippen LogP contribution is 2.18. The Hall–Kier alpha value is -2.16. The minimum absolute atomic E-state index is 0.0903. The molecular weight excluding hydrogens is 248 g/mol. The standard InChI is InChI=1S/C17H20N2O/c1-12(2)14-7-6-13(3)16(9-14)11-19-17(20)15-5-4-8-18-10-15/h4-10,12H,11H2,1-3H3,(H,19,20). The molecule has 104 valence electrons. The number of rotatable bonds is 4. The molecule has 3 heteroatoms. The van der Waals surface area contributed by atoms with Gasteiger partial charge in [-0.05, 0) is 41.7 Å². The van der Waals surface area contributed by atoms with Crippen molar-refractivity contribution in [2.24, 2.45) is 0 Å². The Morgan fingerprint density at radius 2 is 2.10 bits per heavy atom. The van der Waals surface area contributed by atoms with Gasteiger partial charge in [-0.25, -0.2) is 0 Å². The number of benzene rings is 1. The zero-order valence-corrected chi connectivity index (χ0v) is 12.2. The van der Waals surface area contributed by atoms with Crippen LogP contribution < -0.4 is 5.32 Å². The number of carbonyl (C=O) groups excluding carboxylic acids is 1. The molecule has 1 amide bonds. The maximum absolute atomic E-state index is 12.0. The fourth-order valence-electron chi connectivity index (χ4n) is 2.02. The molecule has 1 heterocycles. The van der Waals surface area contributed by atoms with Crippen molar-refractivity contribution in [3.8, 4) is 0 Å². The molecule has 3 nitrogen and oxygen atoms in total. The molecule has 0 radical (unpaired) electrons. The second kappa shape index (κ2) is 6.33. The van der Waals surface area contributed by atoms with E-state index in [1.54, 1.807) is 24.5 Å². The normalized spacial score (nSPS) is 10.6. The molecule has 0 spiro atoms. The van der Waals surface area contributed by atoms with Gasteiger partial charge in [-0.2, -0.15) is 0 Å². The van der Waals surface area contributed by atoms with Gasteiger partial charge in [0, 0.05) is 18.9 Å². The van der Waals surface area contributed by atoms with Gasteiger partial charge in [-0.1, -0.05) is 32.0 Å². The highest BCUT2D eigenvalue weighted by Gasteiger charge is 2.07. The van der Waals surface area contributed by atoms with Crippen LogP contribution in [0.25, 0.3) is 0 Å². The molecule has 0 fully saturated rings. The third-order valence-electron chi connectivity index (χ3n) is 3.40. The van der Waals surface area contributed by atoms with Gasteiger partial charge >= 0.3 is 0 Å². The molecule has 0 saturated carbocycles. The summed E-state index contributed by atoms with van der Waals surface area (Å²) < 4.78 is 0. The lowest BCUT2D eigenvalue weighted by atomic mass is 9.98. The SMILES string of the molecule is Cc1ccc(C(C)C)cc1CNC(=O)c1cccnc1. The van der Waals surface area contributed by atoms with E-state index in [1.165, 1.54) is 11.1 Å². The number of nitrogens with one attached hydrogen (secondary N) is 1. The third kappa shape index (κ3) is 3.44. The summed E-state index contributed by atoms with van der Waals surface area (Å²) in [7, 11) is 0. The summed E-state index contributed by atoms with van der Waals surface area (Å²) in [6, 6.07) is 9.95. The summed E-state index contributed by atoms with van der Waals surface area (Å²) >= 11 is 0. The number of pyridine rings is 1. The first kappa shape index (κ1) is 14.3. The summed E-state index contributed by atoms with van der Waals surface area (Å²) in [5.74, 6) is 0.399. The molecule has 1 N–H and O–H groups in total. The Morgan fingerprint density at radius 3 is 2.75 bits per heavy atom. The summed E-state index contributed by atoms with van der Waals surface area (Å²) in [5, 5.41) is 2.94. The van der Waals surface area contributed by atoms with Crippen LogP contribution in [-0.2, 0) is 6.54 Å². The molecular formula is C17H20N2O. The largest absolute Gasteiger partial charge is 0.348 e. The molecule has 0 saturated heterocycles. The van der Waals surface area contributed by atoms with Gasteiger partial charge in [-0.3, -0.25) is 9.78 Å². The molecule has 0 aliphatic heterocycles. The van der Waals surface area contributed by atoms with E-state index in [4.69, 9.17) is 0 Å². The first-order chi connectivity index (χ1) is 9.58. The summed E-state index contributed by atoms with van der Waals surface area (Å²) in [6.45, 7) is 6.95. The fourth-order valence-corrected chi connectivity index (χ4v) is 2.02.